The van der Waals surface area contributed by atoms with Crippen LogP contribution in [0.2, 0.25) is 0 Å². The van der Waals surface area contributed by atoms with Gasteiger partial charge in [-0.2, -0.15) is 5.26 Å². The molecule has 1 saturated heterocycles. The molecule has 0 bridgehead atoms. The maximum atomic E-state index is 13.6. The molecule has 0 aromatic heterocycles. The summed E-state index contributed by atoms with van der Waals surface area (Å²) in [5.41, 5.74) is -0.349. The van der Waals surface area contributed by atoms with Crippen LogP contribution in [0.4, 0.5) is 4.39 Å². The van der Waals surface area contributed by atoms with Crippen LogP contribution in [0, 0.1) is 11.3 Å². The smallest absolute Gasteiger partial charge is 0.198 e. The molecule has 0 radical (unpaired) electrons. The molecule has 1 fully saturated rings. The van der Waals surface area contributed by atoms with Crippen molar-refractivity contribution in [3.05, 3.63) is 35.9 Å². The summed E-state index contributed by atoms with van der Waals surface area (Å²) in [4.78, 5) is 2.20. The highest BCUT2D eigenvalue weighted by Crippen LogP contribution is 2.26. The van der Waals surface area contributed by atoms with E-state index in [2.05, 4.69) is 17.0 Å². The Bertz CT molecular complexity index is 375. The lowest BCUT2D eigenvalue weighted by atomic mass is 9.95. The molecular formula is C13H15FN2. The third-order valence-corrected chi connectivity index (χ3v) is 3.10. The van der Waals surface area contributed by atoms with Crippen LogP contribution in [0.1, 0.15) is 18.4 Å². The molecule has 1 heterocycles. The Hall–Kier alpha value is -1.40. The SMILES string of the molecule is N#CC1(F)CCN(Cc2ccccc2)CC1. The van der Waals surface area contributed by atoms with E-state index in [9.17, 15) is 4.39 Å². The van der Waals surface area contributed by atoms with Gasteiger partial charge >= 0.3 is 0 Å². The minimum Gasteiger partial charge on any atom is -0.299 e. The van der Waals surface area contributed by atoms with E-state index in [0.29, 0.717) is 25.9 Å². The van der Waals surface area contributed by atoms with Crippen molar-refractivity contribution in [3.8, 4) is 6.07 Å². The molecule has 84 valence electrons. The first-order valence-corrected chi connectivity index (χ1v) is 5.58. The molecule has 0 saturated carbocycles. The Morgan fingerprint density at radius 1 is 1.25 bits per heavy atom. The van der Waals surface area contributed by atoms with Gasteiger partial charge in [-0.25, -0.2) is 4.39 Å². The Kier molecular flexibility index (Phi) is 3.21. The maximum Gasteiger partial charge on any atom is 0.198 e. The third kappa shape index (κ3) is 2.59. The molecule has 0 aliphatic carbocycles. The summed E-state index contributed by atoms with van der Waals surface area (Å²) >= 11 is 0. The van der Waals surface area contributed by atoms with Gasteiger partial charge in [0.2, 0.25) is 0 Å². The normalized spacial score (nSPS) is 20.2. The summed E-state index contributed by atoms with van der Waals surface area (Å²) in [5.74, 6) is 0. The van der Waals surface area contributed by atoms with E-state index in [1.54, 1.807) is 6.07 Å². The second-order valence-corrected chi connectivity index (χ2v) is 4.34. The lowest BCUT2D eigenvalue weighted by Crippen LogP contribution is -2.40. The summed E-state index contributed by atoms with van der Waals surface area (Å²) in [6.45, 7) is 2.18. The number of alkyl halides is 1. The number of benzene rings is 1. The van der Waals surface area contributed by atoms with Crippen LogP contribution in [0.5, 0.6) is 0 Å². The van der Waals surface area contributed by atoms with Crippen LogP contribution in [0.15, 0.2) is 30.3 Å². The molecule has 2 rings (SSSR count). The molecule has 0 N–H and O–H groups in total. The van der Waals surface area contributed by atoms with Crippen LogP contribution in [-0.4, -0.2) is 23.7 Å². The monoisotopic (exact) mass is 218 g/mol. The zero-order valence-corrected chi connectivity index (χ0v) is 9.19. The van der Waals surface area contributed by atoms with Crippen molar-refractivity contribution in [2.24, 2.45) is 0 Å². The standard InChI is InChI=1S/C13H15FN2/c14-13(11-15)6-8-16(9-7-13)10-12-4-2-1-3-5-12/h1-5H,6-10H2. The number of hydrogen-bond acceptors (Lipinski definition) is 2. The van der Waals surface area contributed by atoms with E-state index < -0.39 is 5.67 Å². The average molecular weight is 218 g/mol. The van der Waals surface area contributed by atoms with Gasteiger partial charge in [-0.3, -0.25) is 4.90 Å². The Labute approximate surface area is 95.3 Å². The van der Waals surface area contributed by atoms with Gasteiger partial charge in [0.25, 0.3) is 0 Å². The maximum absolute atomic E-state index is 13.6. The zero-order valence-electron chi connectivity index (χ0n) is 9.19. The number of nitriles is 1. The Morgan fingerprint density at radius 2 is 1.88 bits per heavy atom. The second kappa shape index (κ2) is 4.63. The average Bonchev–Trinajstić information content (AvgIpc) is 2.34. The van der Waals surface area contributed by atoms with Crippen molar-refractivity contribution in [2.75, 3.05) is 13.1 Å². The lowest BCUT2D eigenvalue weighted by molar-refractivity contribution is 0.0984. The molecule has 0 atom stereocenters. The largest absolute Gasteiger partial charge is 0.299 e. The predicted octanol–water partition coefficient (Wildman–Crippen LogP) is 2.51. The first kappa shape index (κ1) is 11.1. The number of hydrogen-bond donors (Lipinski definition) is 0. The van der Waals surface area contributed by atoms with Gasteiger partial charge in [0.1, 0.15) is 6.07 Å². The van der Waals surface area contributed by atoms with Gasteiger partial charge in [-0.1, -0.05) is 30.3 Å². The number of rotatable bonds is 2. The van der Waals surface area contributed by atoms with Gasteiger partial charge in [0, 0.05) is 32.5 Å². The van der Waals surface area contributed by atoms with Crippen molar-refractivity contribution >= 4 is 0 Å². The van der Waals surface area contributed by atoms with Gasteiger partial charge in [0.05, 0.1) is 0 Å². The third-order valence-electron chi connectivity index (χ3n) is 3.10. The first-order chi connectivity index (χ1) is 7.72. The summed E-state index contributed by atoms with van der Waals surface area (Å²) in [7, 11) is 0. The van der Waals surface area contributed by atoms with Gasteiger partial charge in [-0.15, -0.1) is 0 Å². The second-order valence-electron chi connectivity index (χ2n) is 4.34. The summed E-state index contributed by atoms with van der Waals surface area (Å²) in [6.07, 6.45) is 0.659. The van der Waals surface area contributed by atoms with E-state index >= 15 is 0 Å². The fourth-order valence-corrected chi connectivity index (χ4v) is 2.02. The highest BCUT2D eigenvalue weighted by Gasteiger charge is 2.34. The topological polar surface area (TPSA) is 27.0 Å². The van der Waals surface area contributed by atoms with Gasteiger partial charge in [-0.05, 0) is 5.56 Å². The van der Waals surface area contributed by atoms with Gasteiger partial charge in [0.15, 0.2) is 5.67 Å². The fraction of sp³-hybridized carbons (Fsp3) is 0.462. The van der Waals surface area contributed by atoms with E-state index in [0.717, 1.165) is 6.54 Å². The van der Waals surface area contributed by atoms with Crippen LogP contribution in [0.25, 0.3) is 0 Å². The van der Waals surface area contributed by atoms with Crippen molar-refractivity contribution in [1.82, 2.24) is 4.90 Å². The van der Waals surface area contributed by atoms with E-state index in [4.69, 9.17) is 5.26 Å². The molecule has 1 aliphatic rings. The van der Waals surface area contributed by atoms with Crippen molar-refractivity contribution in [1.29, 1.82) is 5.26 Å². The predicted molar refractivity (Wildman–Crippen MR) is 60.4 cm³/mol. The van der Waals surface area contributed by atoms with Crippen LogP contribution < -0.4 is 0 Å². The quantitative estimate of drug-likeness (QED) is 0.762. The summed E-state index contributed by atoms with van der Waals surface area (Å²) in [6, 6.07) is 11.9. The molecule has 0 unspecified atom stereocenters. The summed E-state index contributed by atoms with van der Waals surface area (Å²) < 4.78 is 13.6. The van der Waals surface area contributed by atoms with Crippen LogP contribution in [0.3, 0.4) is 0 Å². The van der Waals surface area contributed by atoms with Gasteiger partial charge < -0.3 is 0 Å². The number of likely N-dealkylation sites (tertiary alicyclic amines) is 1. The zero-order chi connectivity index (χ0) is 11.4. The Balaban J connectivity index is 1.89. The van der Waals surface area contributed by atoms with Crippen molar-refractivity contribution in [2.45, 2.75) is 25.1 Å². The number of halogens is 1. The molecule has 1 aromatic rings. The number of nitrogens with zero attached hydrogens (tertiary/aromatic N) is 2. The number of piperidine rings is 1. The lowest BCUT2D eigenvalue weighted by Gasteiger charge is -2.32. The summed E-state index contributed by atoms with van der Waals surface area (Å²) in [5, 5.41) is 8.68. The van der Waals surface area contributed by atoms with E-state index in [1.807, 2.05) is 18.2 Å². The molecule has 0 amide bonds. The molecule has 16 heavy (non-hydrogen) atoms. The minimum atomic E-state index is -1.59. The fourth-order valence-electron chi connectivity index (χ4n) is 2.02. The molecule has 1 aromatic carbocycles. The van der Waals surface area contributed by atoms with Crippen molar-refractivity contribution < 1.29 is 4.39 Å². The molecule has 3 heteroatoms. The molecular weight excluding hydrogens is 203 g/mol. The highest BCUT2D eigenvalue weighted by molar-refractivity contribution is 5.15. The molecule has 1 aliphatic heterocycles. The van der Waals surface area contributed by atoms with Crippen LogP contribution in [-0.2, 0) is 6.54 Å². The molecule has 2 nitrogen and oxygen atoms in total. The van der Waals surface area contributed by atoms with Crippen LogP contribution >= 0.6 is 0 Å². The highest BCUT2D eigenvalue weighted by atomic mass is 19.1. The Morgan fingerprint density at radius 3 is 2.44 bits per heavy atom. The first-order valence-electron chi connectivity index (χ1n) is 5.58. The van der Waals surface area contributed by atoms with E-state index in [-0.39, 0.29) is 0 Å². The van der Waals surface area contributed by atoms with E-state index in [1.165, 1.54) is 5.56 Å². The van der Waals surface area contributed by atoms with Crippen molar-refractivity contribution in [3.63, 3.8) is 0 Å². The molecule has 0 spiro atoms. The minimum absolute atomic E-state index is 0.330.